The van der Waals surface area contributed by atoms with E-state index in [9.17, 15) is 0 Å². The quantitative estimate of drug-likeness (QED) is 0.768. The molecule has 0 amide bonds. The fraction of sp³-hybridized carbons (Fsp3) is 0.231. The molecule has 15 heavy (non-hydrogen) atoms. The number of rotatable bonds is 2. The summed E-state index contributed by atoms with van der Waals surface area (Å²) in [5.74, 6) is 0. The zero-order valence-corrected chi connectivity index (χ0v) is 9.12. The number of H-pyrrole nitrogens is 1. The van der Waals surface area contributed by atoms with Crippen LogP contribution in [0.1, 0.15) is 24.4 Å². The average Bonchev–Trinajstić information content (AvgIpc) is 2.62. The van der Waals surface area contributed by atoms with Crippen molar-refractivity contribution in [1.29, 1.82) is 0 Å². The van der Waals surface area contributed by atoms with Gasteiger partial charge in [0.2, 0.25) is 0 Å². The van der Waals surface area contributed by atoms with Crippen LogP contribution in [0.3, 0.4) is 0 Å². The van der Waals surface area contributed by atoms with Gasteiger partial charge in [0.05, 0.1) is 0 Å². The second kappa shape index (κ2) is 3.91. The standard InChI is InChI=1S/C13H16N2/c1-9-8-12(13(15-9)10(2)14)11-6-4-3-5-7-11/h3-8,10,15H,14H2,1-2H3. The van der Waals surface area contributed by atoms with Gasteiger partial charge in [0.15, 0.2) is 0 Å². The van der Waals surface area contributed by atoms with Crippen LogP contribution in [0.25, 0.3) is 11.1 Å². The smallest absolute Gasteiger partial charge is 0.0425 e. The van der Waals surface area contributed by atoms with Crippen molar-refractivity contribution in [2.75, 3.05) is 0 Å². The van der Waals surface area contributed by atoms with E-state index in [0.29, 0.717) is 0 Å². The SMILES string of the molecule is Cc1cc(-c2ccccc2)c(C(C)N)[nH]1. The Morgan fingerprint density at radius 1 is 1.20 bits per heavy atom. The molecular weight excluding hydrogens is 184 g/mol. The zero-order valence-electron chi connectivity index (χ0n) is 9.12. The summed E-state index contributed by atoms with van der Waals surface area (Å²) < 4.78 is 0. The number of aromatic nitrogens is 1. The molecule has 0 saturated carbocycles. The maximum Gasteiger partial charge on any atom is 0.0425 e. The molecule has 1 aromatic carbocycles. The number of benzene rings is 1. The molecule has 1 aromatic heterocycles. The van der Waals surface area contributed by atoms with Gasteiger partial charge in [-0.15, -0.1) is 0 Å². The Morgan fingerprint density at radius 3 is 2.47 bits per heavy atom. The minimum Gasteiger partial charge on any atom is -0.361 e. The molecule has 78 valence electrons. The number of aromatic amines is 1. The molecule has 0 fully saturated rings. The molecule has 0 radical (unpaired) electrons. The molecule has 2 heteroatoms. The van der Waals surface area contributed by atoms with Crippen LogP contribution in [0.4, 0.5) is 0 Å². The van der Waals surface area contributed by atoms with Crippen molar-refractivity contribution in [2.24, 2.45) is 5.73 Å². The molecule has 0 aliphatic heterocycles. The highest BCUT2D eigenvalue weighted by Crippen LogP contribution is 2.27. The normalized spacial score (nSPS) is 12.7. The predicted octanol–water partition coefficient (Wildman–Crippen LogP) is 3.01. The van der Waals surface area contributed by atoms with Crippen molar-refractivity contribution in [1.82, 2.24) is 4.98 Å². The van der Waals surface area contributed by atoms with Crippen LogP contribution in [0.2, 0.25) is 0 Å². The Kier molecular flexibility index (Phi) is 2.60. The summed E-state index contributed by atoms with van der Waals surface area (Å²) >= 11 is 0. The lowest BCUT2D eigenvalue weighted by Crippen LogP contribution is -2.06. The summed E-state index contributed by atoms with van der Waals surface area (Å²) in [7, 11) is 0. The van der Waals surface area contributed by atoms with Gasteiger partial charge in [0.25, 0.3) is 0 Å². The van der Waals surface area contributed by atoms with E-state index in [4.69, 9.17) is 5.73 Å². The topological polar surface area (TPSA) is 41.8 Å². The molecule has 2 rings (SSSR count). The highest BCUT2D eigenvalue weighted by atomic mass is 14.8. The third-order valence-electron chi connectivity index (χ3n) is 2.52. The van der Waals surface area contributed by atoms with Crippen molar-refractivity contribution in [3.63, 3.8) is 0 Å². The molecule has 1 unspecified atom stereocenters. The van der Waals surface area contributed by atoms with E-state index < -0.39 is 0 Å². The summed E-state index contributed by atoms with van der Waals surface area (Å²) in [6.45, 7) is 4.05. The molecule has 2 nitrogen and oxygen atoms in total. The number of hydrogen-bond acceptors (Lipinski definition) is 1. The summed E-state index contributed by atoms with van der Waals surface area (Å²) in [6, 6.07) is 12.5. The van der Waals surface area contributed by atoms with Crippen molar-refractivity contribution in [3.05, 3.63) is 47.8 Å². The van der Waals surface area contributed by atoms with E-state index in [0.717, 1.165) is 11.4 Å². The van der Waals surface area contributed by atoms with Crippen molar-refractivity contribution >= 4 is 0 Å². The molecule has 0 saturated heterocycles. The Balaban J connectivity index is 2.53. The Bertz CT molecular complexity index is 441. The lowest BCUT2D eigenvalue weighted by molar-refractivity contribution is 0.788. The first-order valence-corrected chi connectivity index (χ1v) is 5.19. The molecule has 1 atom stereocenters. The molecule has 0 aliphatic carbocycles. The largest absolute Gasteiger partial charge is 0.361 e. The van der Waals surface area contributed by atoms with E-state index in [1.165, 1.54) is 11.1 Å². The zero-order chi connectivity index (χ0) is 10.8. The van der Waals surface area contributed by atoms with Crippen LogP contribution in [0, 0.1) is 6.92 Å². The molecule has 0 bridgehead atoms. The first kappa shape index (κ1) is 9.99. The first-order valence-electron chi connectivity index (χ1n) is 5.19. The fourth-order valence-corrected chi connectivity index (χ4v) is 1.83. The first-order chi connectivity index (χ1) is 7.18. The minimum atomic E-state index is 0.0360. The van der Waals surface area contributed by atoms with Gasteiger partial charge in [0.1, 0.15) is 0 Å². The van der Waals surface area contributed by atoms with Gasteiger partial charge in [-0.05, 0) is 25.5 Å². The number of aryl methyl sites for hydroxylation is 1. The summed E-state index contributed by atoms with van der Waals surface area (Å²) in [5.41, 5.74) is 10.6. The summed E-state index contributed by atoms with van der Waals surface area (Å²) in [5, 5.41) is 0. The fourth-order valence-electron chi connectivity index (χ4n) is 1.83. The lowest BCUT2D eigenvalue weighted by Gasteiger charge is -2.07. The van der Waals surface area contributed by atoms with E-state index in [1.807, 2.05) is 25.1 Å². The van der Waals surface area contributed by atoms with E-state index in [-0.39, 0.29) is 6.04 Å². The van der Waals surface area contributed by atoms with Crippen LogP contribution in [-0.2, 0) is 0 Å². The summed E-state index contributed by atoms with van der Waals surface area (Å²) in [6.07, 6.45) is 0. The van der Waals surface area contributed by atoms with E-state index in [2.05, 4.69) is 30.1 Å². The average molecular weight is 200 g/mol. The highest BCUT2D eigenvalue weighted by Gasteiger charge is 2.11. The van der Waals surface area contributed by atoms with Crippen molar-refractivity contribution in [2.45, 2.75) is 19.9 Å². The summed E-state index contributed by atoms with van der Waals surface area (Å²) in [4.78, 5) is 3.32. The van der Waals surface area contributed by atoms with Crippen LogP contribution in [0.15, 0.2) is 36.4 Å². The van der Waals surface area contributed by atoms with Gasteiger partial charge in [-0.25, -0.2) is 0 Å². The highest BCUT2D eigenvalue weighted by molar-refractivity contribution is 5.67. The maximum absolute atomic E-state index is 5.93. The monoisotopic (exact) mass is 200 g/mol. The van der Waals surface area contributed by atoms with Gasteiger partial charge in [-0.2, -0.15) is 0 Å². The molecule has 2 aromatic rings. The Hall–Kier alpha value is -1.54. The Morgan fingerprint density at radius 2 is 1.87 bits per heavy atom. The van der Waals surface area contributed by atoms with E-state index >= 15 is 0 Å². The van der Waals surface area contributed by atoms with Crippen LogP contribution >= 0.6 is 0 Å². The van der Waals surface area contributed by atoms with Crippen molar-refractivity contribution < 1.29 is 0 Å². The molecule has 3 N–H and O–H groups in total. The Labute approximate surface area is 90.1 Å². The minimum absolute atomic E-state index is 0.0360. The second-order valence-corrected chi connectivity index (χ2v) is 3.93. The molecule has 0 spiro atoms. The van der Waals surface area contributed by atoms with Crippen LogP contribution in [0.5, 0.6) is 0 Å². The maximum atomic E-state index is 5.93. The second-order valence-electron chi connectivity index (χ2n) is 3.93. The van der Waals surface area contributed by atoms with Gasteiger partial charge in [-0.1, -0.05) is 30.3 Å². The van der Waals surface area contributed by atoms with Crippen LogP contribution in [-0.4, -0.2) is 4.98 Å². The number of nitrogens with two attached hydrogens (primary N) is 1. The third kappa shape index (κ3) is 1.95. The van der Waals surface area contributed by atoms with Gasteiger partial charge in [-0.3, -0.25) is 0 Å². The molecule has 1 heterocycles. The van der Waals surface area contributed by atoms with Crippen LogP contribution < -0.4 is 5.73 Å². The molecular formula is C13H16N2. The predicted molar refractivity (Wildman–Crippen MR) is 63.6 cm³/mol. The van der Waals surface area contributed by atoms with Gasteiger partial charge >= 0.3 is 0 Å². The van der Waals surface area contributed by atoms with Gasteiger partial charge in [0, 0.05) is 23.0 Å². The third-order valence-corrected chi connectivity index (χ3v) is 2.52. The number of nitrogens with one attached hydrogen (secondary N) is 1. The van der Waals surface area contributed by atoms with Gasteiger partial charge < -0.3 is 10.7 Å². The lowest BCUT2D eigenvalue weighted by atomic mass is 10.0. The molecule has 0 aliphatic rings. The van der Waals surface area contributed by atoms with E-state index in [1.54, 1.807) is 0 Å². The number of hydrogen-bond donors (Lipinski definition) is 2. The van der Waals surface area contributed by atoms with Crippen molar-refractivity contribution in [3.8, 4) is 11.1 Å².